The second-order valence-electron chi connectivity index (χ2n) is 3.21. The lowest BCUT2D eigenvalue weighted by molar-refractivity contribution is -0.135. The molecule has 0 fully saturated rings. The van der Waals surface area contributed by atoms with Crippen LogP contribution in [0.2, 0.25) is 0 Å². The minimum absolute atomic E-state index is 0.0526. The number of nitriles is 1. The van der Waals surface area contributed by atoms with Gasteiger partial charge in [0.15, 0.2) is 0 Å². The number of methoxy groups -OCH3 is 1. The predicted molar refractivity (Wildman–Crippen MR) is 60.7 cm³/mol. The number of carboxylic acid groups (broad SMARTS) is 1. The number of para-hydroxylation sites is 1. The summed E-state index contributed by atoms with van der Waals surface area (Å²) in [6.07, 6.45) is 1.06. The third-order valence-electron chi connectivity index (χ3n) is 2.12. The van der Waals surface area contributed by atoms with Gasteiger partial charge in [0, 0.05) is 5.56 Å². The van der Waals surface area contributed by atoms with Crippen molar-refractivity contribution in [3.63, 3.8) is 0 Å². The lowest BCUT2D eigenvalue weighted by Crippen LogP contribution is -2.03. The third-order valence-corrected chi connectivity index (χ3v) is 2.12. The number of rotatable bonds is 3. The zero-order valence-electron chi connectivity index (χ0n) is 9.38. The standard InChI is InChI=1S/C12H9NO5/c1-18-12(17)8(6-13)5-7-3-2-4-9(10(7)14)11(15)16/h2-5,14H,1H3,(H,15,16)/b8-5+. The fraction of sp³-hybridized carbons (Fsp3) is 0.0833. The average Bonchev–Trinajstić information content (AvgIpc) is 2.36. The van der Waals surface area contributed by atoms with Gasteiger partial charge in [0.1, 0.15) is 23.0 Å². The van der Waals surface area contributed by atoms with Gasteiger partial charge in [0.2, 0.25) is 0 Å². The van der Waals surface area contributed by atoms with Crippen LogP contribution in [0.5, 0.6) is 5.75 Å². The number of carbonyl (C=O) groups is 2. The van der Waals surface area contributed by atoms with Gasteiger partial charge in [-0.3, -0.25) is 0 Å². The first-order valence-corrected chi connectivity index (χ1v) is 4.76. The highest BCUT2D eigenvalue weighted by molar-refractivity contribution is 5.99. The molecule has 0 atom stereocenters. The molecular weight excluding hydrogens is 238 g/mol. The molecular formula is C12H9NO5. The smallest absolute Gasteiger partial charge is 0.348 e. The lowest BCUT2D eigenvalue weighted by atomic mass is 10.1. The molecule has 92 valence electrons. The van der Waals surface area contributed by atoms with Gasteiger partial charge >= 0.3 is 11.9 Å². The maximum atomic E-state index is 11.2. The third kappa shape index (κ3) is 2.65. The summed E-state index contributed by atoms with van der Waals surface area (Å²) in [6, 6.07) is 5.58. The molecule has 6 nitrogen and oxygen atoms in total. The quantitative estimate of drug-likeness (QED) is 0.471. The summed E-state index contributed by atoms with van der Waals surface area (Å²) in [6.45, 7) is 0. The van der Waals surface area contributed by atoms with Crippen molar-refractivity contribution in [1.82, 2.24) is 0 Å². The number of carboxylic acids is 1. The molecule has 2 N–H and O–H groups in total. The van der Waals surface area contributed by atoms with Crippen LogP contribution < -0.4 is 0 Å². The van der Waals surface area contributed by atoms with E-state index in [1.54, 1.807) is 6.07 Å². The van der Waals surface area contributed by atoms with Gasteiger partial charge in [-0.25, -0.2) is 9.59 Å². The Hall–Kier alpha value is -2.81. The van der Waals surface area contributed by atoms with Crippen LogP contribution in [0.3, 0.4) is 0 Å². The second-order valence-corrected chi connectivity index (χ2v) is 3.21. The van der Waals surface area contributed by atoms with Crippen molar-refractivity contribution in [3.8, 4) is 11.8 Å². The van der Waals surface area contributed by atoms with E-state index in [2.05, 4.69) is 4.74 Å². The molecule has 0 aliphatic carbocycles. The number of aromatic hydroxyl groups is 1. The van der Waals surface area contributed by atoms with Gasteiger partial charge in [0.05, 0.1) is 7.11 Å². The number of benzene rings is 1. The Balaban J connectivity index is 3.31. The normalized spacial score (nSPS) is 10.6. The van der Waals surface area contributed by atoms with E-state index >= 15 is 0 Å². The van der Waals surface area contributed by atoms with Crippen molar-refractivity contribution >= 4 is 18.0 Å². The van der Waals surface area contributed by atoms with Crippen LogP contribution in [0.15, 0.2) is 23.8 Å². The zero-order valence-corrected chi connectivity index (χ0v) is 9.38. The molecule has 18 heavy (non-hydrogen) atoms. The average molecular weight is 247 g/mol. The summed E-state index contributed by atoms with van der Waals surface area (Å²) < 4.78 is 4.37. The van der Waals surface area contributed by atoms with E-state index in [0.29, 0.717) is 0 Å². The van der Waals surface area contributed by atoms with E-state index in [4.69, 9.17) is 10.4 Å². The summed E-state index contributed by atoms with van der Waals surface area (Å²) in [7, 11) is 1.11. The maximum absolute atomic E-state index is 11.2. The minimum Gasteiger partial charge on any atom is -0.506 e. The first kappa shape index (κ1) is 13.3. The van der Waals surface area contributed by atoms with Crippen LogP contribution in [-0.2, 0) is 9.53 Å². The molecule has 0 radical (unpaired) electrons. The van der Waals surface area contributed by atoms with Crippen LogP contribution in [0, 0.1) is 11.3 Å². The number of hydrogen-bond acceptors (Lipinski definition) is 5. The fourth-order valence-electron chi connectivity index (χ4n) is 1.25. The van der Waals surface area contributed by atoms with Crippen molar-refractivity contribution in [2.45, 2.75) is 0 Å². The molecule has 0 unspecified atom stereocenters. The van der Waals surface area contributed by atoms with Crippen LogP contribution in [0.25, 0.3) is 6.08 Å². The Kier molecular flexibility index (Phi) is 4.05. The van der Waals surface area contributed by atoms with Crippen molar-refractivity contribution in [2.24, 2.45) is 0 Å². The number of hydrogen-bond donors (Lipinski definition) is 2. The van der Waals surface area contributed by atoms with Crippen LogP contribution in [0.4, 0.5) is 0 Å². The molecule has 0 aliphatic heterocycles. The Labute approximate surface area is 102 Å². The number of phenols is 1. The van der Waals surface area contributed by atoms with E-state index in [1.807, 2.05) is 0 Å². The molecule has 1 rings (SSSR count). The van der Waals surface area contributed by atoms with E-state index < -0.39 is 17.7 Å². The van der Waals surface area contributed by atoms with Gasteiger partial charge in [-0.2, -0.15) is 5.26 Å². The van der Waals surface area contributed by atoms with Crippen molar-refractivity contribution < 1.29 is 24.5 Å². The van der Waals surface area contributed by atoms with Gasteiger partial charge in [-0.15, -0.1) is 0 Å². The molecule has 0 aliphatic rings. The van der Waals surface area contributed by atoms with Crippen LogP contribution in [-0.4, -0.2) is 29.3 Å². The summed E-state index contributed by atoms with van der Waals surface area (Å²) in [4.78, 5) is 21.9. The molecule has 0 heterocycles. The van der Waals surface area contributed by atoms with Gasteiger partial charge in [-0.1, -0.05) is 12.1 Å². The summed E-state index contributed by atoms with van der Waals surface area (Å²) in [5.74, 6) is -2.68. The van der Waals surface area contributed by atoms with E-state index in [-0.39, 0.29) is 16.7 Å². The topological polar surface area (TPSA) is 108 Å². The molecule has 0 saturated carbocycles. The first-order valence-electron chi connectivity index (χ1n) is 4.76. The molecule has 1 aromatic carbocycles. The van der Waals surface area contributed by atoms with E-state index in [9.17, 15) is 14.7 Å². The Morgan fingerprint density at radius 2 is 2.11 bits per heavy atom. The van der Waals surface area contributed by atoms with Gasteiger partial charge < -0.3 is 14.9 Å². The van der Waals surface area contributed by atoms with E-state index in [0.717, 1.165) is 13.2 Å². The number of ether oxygens (including phenoxy) is 1. The lowest BCUT2D eigenvalue weighted by Gasteiger charge is -2.03. The number of nitrogens with zero attached hydrogens (tertiary/aromatic N) is 1. The predicted octanol–water partition coefficient (Wildman–Crippen LogP) is 1.17. The van der Waals surface area contributed by atoms with Gasteiger partial charge in [0.25, 0.3) is 0 Å². The molecule has 0 aromatic heterocycles. The Bertz CT molecular complexity index is 568. The van der Waals surface area contributed by atoms with Gasteiger partial charge in [-0.05, 0) is 12.1 Å². The summed E-state index contributed by atoms with van der Waals surface area (Å²) in [5, 5.41) is 27.2. The molecule has 1 aromatic rings. The highest BCUT2D eigenvalue weighted by atomic mass is 16.5. The number of carbonyl (C=O) groups excluding carboxylic acids is 1. The molecule has 6 heteroatoms. The van der Waals surface area contributed by atoms with Crippen molar-refractivity contribution in [2.75, 3.05) is 7.11 Å². The maximum Gasteiger partial charge on any atom is 0.348 e. The van der Waals surface area contributed by atoms with Crippen molar-refractivity contribution in [1.29, 1.82) is 5.26 Å². The number of aromatic carboxylic acids is 1. The van der Waals surface area contributed by atoms with Crippen LogP contribution in [0.1, 0.15) is 15.9 Å². The van der Waals surface area contributed by atoms with E-state index in [1.165, 1.54) is 18.2 Å². The number of esters is 1. The largest absolute Gasteiger partial charge is 0.506 e. The molecule has 0 bridgehead atoms. The second kappa shape index (κ2) is 5.50. The highest BCUT2D eigenvalue weighted by Gasteiger charge is 2.14. The molecule has 0 saturated heterocycles. The monoisotopic (exact) mass is 247 g/mol. The molecule has 0 amide bonds. The zero-order chi connectivity index (χ0) is 13.7. The van der Waals surface area contributed by atoms with Crippen LogP contribution >= 0.6 is 0 Å². The Morgan fingerprint density at radius 1 is 1.44 bits per heavy atom. The summed E-state index contributed by atoms with van der Waals surface area (Å²) >= 11 is 0. The SMILES string of the molecule is COC(=O)/C(C#N)=C/c1cccc(C(=O)O)c1O. The molecule has 0 spiro atoms. The Morgan fingerprint density at radius 3 is 2.61 bits per heavy atom. The van der Waals surface area contributed by atoms with Crippen molar-refractivity contribution in [3.05, 3.63) is 34.9 Å². The summed E-state index contributed by atoms with van der Waals surface area (Å²) in [5.41, 5.74) is -0.599. The highest BCUT2D eigenvalue weighted by Crippen LogP contribution is 2.24. The minimum atomic E-state index is -1.31. The first-order chi connectivity index (χ1) is 8.51. The fourth-order valence-corrected chi connectivity index (χ4v) is 1.25.